The van der Waals surface area contributed by atoms with Crippen molar-refractivity contribution >= 4 is 29.2 Å². The Bertz CT molecular complexity index is 618. The van der Waals surface area contributed by atoms with Gasteiger partial charge in [-0.2, -0.15) is 15.0 Å². The second-order valence-corrected chi connectivity index (χ2v) is 4.83. The molecule has 0 aliphatic heterocycles. The monoisotopic (exact) mass is 313 g/mol. The van der Waals surface area contributed by atoms with E-state index in [1.165, 1.54) is 0 Å². The molecule has 0 radical (unpaired) electrons. The molecular formula is C13H14ClF2N5. The Morgan fingerprint density at radius 2 is 1.71 bits per heavy atom. The number of hydrogen-bond acceptors (Lipinski definition) is 5. The number of benzene rings is 1. The van der Waals surface area contributed by atoms with E-state index in [0.29, 0.717) is 5.95 Å². The van der Waals surface area contributed by atoms with E-state index in [0.717, 1.165) is 24.6 Å². The maximum atomic E-state index is 13.1. The van der Waals surface area contributed by atoms with Gasteiger partial charge < -0.3 is 10.6 Å². The lowest BCUT2D eigenvalue weighted by Crippen LogP contribution is -2.16. The molecule has 0 saturated heterocycles. The fraction of sp³-hybridized carbons (Fsp3) is 0.308. The molecule has 2 N–H and O–H groups in total. The largest absolute Gasteiger partial charge is 0.352 e. The first-order valence-electron chi connectivity index (χ1n) is 6.37. The predicted octanol–water partition coefficient (Wildman–Crippen LogP) is 3.76. The SMILES string of the molecule is CC[C@@H](C)Nc1nc(Cl)nc(Nc2cc(F)cc(F)c2)n1. The molecule has 2 aromatic rings. The lowest BCUT2D eigenvalue weighted by Gasteiger charge is -2.12. The fourth-order valence-electron chi connectivity index (χ4n) is 1.55. The summed E-state index contributed by atoms with van der Waals surface area (Å²) in [6.07, 6.45) is 0.876. The molecule has 1 aromatic heterocycles. The third-order valence-electron chi connectivity index (χ3n) is 2.71. The van der Waals surface area contributed by atoms with Crippen LogP contribution in [0.25, 0.3) is 0 Å². The number of rotatable bonds is 5. The summed E-state index contributed by atoms with van der Waals surface area (Å²) in [4.78, 5) is 11.9. The maximum absolute atomic E-state index is 13.1. The second-order valence-electron chi connectivity index (χ2n) is 4.49. The summed E-state index contributed by atoms with van der Waals surface area (Å²) in [6, 6.07) is 3.19. The molecule has 0 bridgehead atoms. The van der Waals surface area contributed by atoms with Crippen molar-refractivity contribution in [3.05, 3.63) is 35.1 Å². The van der Waals surface area contributed by atoms with Crippen LogP contribution in [0.5, 0.6) is 0 Å². The molecule has 0 spiro atoms. The van der Waals surface area contributed by atoms with Crippen LogP contribution in [-0.2, 0) is 0 Å². The molecule has 1 aromatic carbocycles. The first kappa shape index (κ1) is 15.4. The molecule has 0 fully saturated rings. The second kappa shape index (κ2) is 6.62. The Balaban J connectivity index is 2.23. The van der Waals surface area contributed by atoms with Crippen LogP contribution < -0.4 is 10.6 Å². The summed E-state index contributed by atoms with van der Waals surface area (Å²) in [5, 5.41) is 5.72. The number of aromatic nitrogens is 3. The zero-order valence-electron chi connectivity index (χ0n) is 11.5. The molecule has 1 heterocycles. The van der Waals surface area contributed by atoms with Gasteiger partial charge in [0, 0.05) is 17.8 Å². The van der Waals surface area contributed by atoms with E-state index >= 15 is 0 Å². The molecule has 2 rings (SSSR count). The van der Waals surface area contributed by atoms with Crippen LogP contribution in [0.4, 0.5) is 26.4 Å². The van der Waals surface area contributed by atoms with Crippen LogP contribution in [0.15, 0.2) is 18.2 Å². The third kappa shape index (κ3) is 4.49. The average molecular weight is 314 g/mol. The van der Waals surface area contributed by atoms with Gasteiger partial charge in [-0.1, -0.05) is 6.92 Å². The molecule has 5 nitrogen and oxygen atoms in total. The number of halogens is 3. The quantitative estimate of drug-likeness (QED) is 0.880. The molecular weight excluding hydrogens is 300 g/mol. The summed E-state index contributed by atoms with van der Waals surface area (Å²) in [6.45, 7) is 3.97. The van der Waals surface area contributed by atoms with Crippen LogP contribution in [0.2, 0.25) is 5.28 Å². The Kier molecular flexibility index (Phi) is 4.85. The number of hydrogen-bond donors (Lipinski definition) is 2. The van der Waals surface area contributed by atoms with E-state index in [4.69, 9.17) is 11.6 Å². The molecule has 0 aliphatic carbocycles. The van der Waals surface area contributed by atoms with Crippen molar-refractivity contribution in [3.63, 3.8) is 0 Å². The highest BCUT2D eigenvalue weighted by atomic mass is 35.5. The number of nitrogens with zero attached hydrogens (tertiary/aromatic N) is 3. The van der Waals surface area contributed by atoms with Crippen LogP contribution >= 0.6 is 11.6 Å². The first-order chi connectivity index (χ1) is 9.96. The Morgan fingerprint density at radius 3 is 2.33 bits per heavy atom. The highest BCUT2D eigenvalue weighted by Gasteiger charge is 2.08. The van der Waals surface area contributed by atoms with Crippen molar-refractivity contribution in [2.45, 2.75) is 26.3 Å². The van der Waals surface area contributed by atoms with Gasteiger partial charge in [0.05, 0.1) is 0 Å². The first-order valence-corrected chi connectivity index (χ1v) is 6.75. The van der Waals surface area contributed by atoms with E-state index in [9.17, 15) is 8.78 Å². The van der Waals surface area contributed by atoms with E-state index in [1.807, 2.05) is 13.8 Å². The summed E-state index contributed by atoms with van der Waals surface area (Å²) in [5.74, 6) is -0.999. The standard InChI is InChI=1S/C13H14ClF2N5/c1-3-7(2)17-12-19-11(14)20-13(21-12)18-10-5-8(15)4-9(16)6-10/h4-7H,3H2,1-2H3,(H2,17,18,19,20,21)/t7-/m1/s1. The van der Waals surface area contributed by atoms with Gasteiger partial charge in [-0.15, -0.1) is 0 Å². The van der Waals surface area contributed by atoms with Crippen LogP contribution in [0.3, 0.4) is 0 Å². The Morgan fingerprint density at radius 1 is 1.10 bits per heavy atom. The molecule has 0 unspecified atom stereocenters. The minimum atomic E-state index is -0.699. The molecule has 8 heteroatoms. The Hall–Kier alpha value is -2.02. The summed E-state index contributed by atoms with van der Waals surface area (Å²) < 4.78 is 26.3. The van der Waals surface area contributed by atoms with Crippen molar-refractivity contribution in [1.82, 2.24) is 15.0 Å². The van der Waals surface area contributed by atoms with Gasteiger partial charge in [0.15, 0.2) is 0 Å². The summed E-state index contributed by atoms with van der Waals surface area (Å²) in [7, 11) is 0. The fourth-order valence-corrected chi connectivity index (χ4v) is 1.71. The van der Waals surface area contributed by atoms with Gasteiger partial charge in [0.25, 0.3) is 0 Å². The predicted molar refractivity (Wildman–Crippen MR) is 77.9 cm³/mol. The van der Waals surface area contributed by atoms with Gasteiger partial charge in [-0.25, -0.2) is 8.78 Å². The van der Waals surface area contributed by atoms with Crippen LogP contribution in [0, 0.1) is 11.6 Å². The lowest BCUT2D eigenvalue weighted by molar-refractivity contribution is 0.584. The molecule has 0 amide bonds. The maximum Gasteiger partial charge on any atom is 0.233 e. The highest BCUT2D eigenvalue weighted by molar-refractivity contribution is 6.28. The number of anilines is 3. The van der Waals surface area contributed by atoms with Gasteiger partial charge in [0.1, 0.15) is 11.6 Å². The molecule has 0 saturated carbocycles. The molecule has 112 valence electrons. The van der Waals surface area contributed by atoms with Gasteiger partial charge >= 0.3 is 0 Å². The molecule has 0 aliphatic rings. The Labute approximate surface area is 125 Å². The summed E-state index contributed by atoms with van der Waals surface area (Å²) in [5.41, 5.74) is 0.184. The lowest BCUT2D eigenvalue weighted by atomic mass is 10.3. The van der Waals surface area contributed by atoms with Crippen molar-refractivity contribution in [1.29, 1.82) is 0 Å². The average Bonchev–Trinajstić information content (AvgIpc) is 2.36. The summed E-state index contributed by atoms with van der Waals surface area (Å²) >= 11 is 5.82. The van der Waals surface area contributed by atoms with Crippen molar-refractivity contribution < 1.29 is 8.78 Å². The third-order valence-corrected chi connectivity index (χ3v) is 2.88. The van der Waals surface area contributed by atoms with E-state index in [2.05, 4.69) is 25.6 Å². The molecule has 1 atom stereocenters. The molecule has 21 heavy (non-hydrogen) atoms. The topological polar surface area (TPSA) is 62.7 Å². The zero-order chi connectivity index (χ0) is 15.4. The number of nitrogens with one attached hydrogen (secondary N) is 2. The minimum Gasteiger partial charge on any atom is -0.352 e. The van der Waals surface area contributed by atoms with Crippen molar-refractivity contribution in [2.24, 2.45) is 0 Å². The zero-order valence-corrected chi connectivity index (χ0v) is 12.2. The van der Waals surface area contributed by atoms with E-state index in [-0.39, 0.29) is 23.0 Å². The van der Waals surface area contributed by atoms with Crippen molar-refractivity contribution in [3.8, 4) is 0 Å². The van der Waals surface area contributed by atoms with E-state index in [1.54, 1.807) is 0 Å². The minimum absolute atomic E-state index is 0.0184. The normalized spacial score (nSPS) is 12.0. The highest BCUT2D eigenvalue weighted by Crippen LogP contribution is 2.18. The smallest absolute Gasteiger partial charge is 0.233 e. The van der Waals surface area contributed by atoms with E-state index < -0.39 is 11.6 Å². The van der Waals surface area contributed by atoms with Crippen LogP contribution in [0.1, 0.15) is 20.3 Å². The van der Waals surface area contributed by atoms with Gasteiger partial charge in [-0.05, 0) is 37.1 Å². The van der Waals surface area contributed by atoms with Crippen molar-refractivity contribution in [2.75, 3.05) is 10.6 Å². The van der Waals surface area contributed by atoms with Crippen LogP contribution in [-0.4, -0.2) is 21.0 Å². The van der Waals surface area contributed by atoms with Gasteiger partial charge in [-0.3, -0.25) is 0 Å². The van der Waals surface area contributed by atoms with Gasteiger partial charge in [0.2, 0.25) is 17.2 Å².